The predicted molar refractivity (Wildman–Crippen MR) is 66.4 cm³/mol. The number of nitrogens with two attached hydrogens (primary N) is 1. The Morgan fingerprint density at radius 2 is 2.18 bits per heavy atom. The normalized spacial score (nSPS) is 14.4. The van der Waals surface area contributed by atoms with Crippen LogP contribution in [0.4, 0.5) is 0 Å². The van der Waals surface area contributed by atoms with Gasteiger partial charge in [0.1, 0.15) is 5.69 Å². The molecule has 1 heterocycles. The van der Waals surface area contributed by atoms with Crippen molar-refractivity contribution >= 4 is 16.8 Å². The fraction of sp³-hybridized carbons (Fsp3) is 0.214. The molecule has 3 heteroatoms. The van der Waals surface area contributed by atoms with Crippen molar-refractivity contribution in [2.75, 3.05) is 0 Å². The molecule has 3 N–H and O–H groups in total. The number of aromatic nitrogens is 1. The van der Waals surface area contributed by atoms with E-state index in [-0.39, 0.29) is 0 Å². The molecule has 2 aromatic rings. The second-order valence-corrected chi connectivity index (χ2v) is 4.39. The highest BCUT2D eigenvalue weighted by molar-refractivity contribution is 5.97. The maximum Gasteiger partial charge on any atom is 0.265 e. The summed E-state index contributed by atoms with van der Waals surface area (Å²) in [6.45, 7) is 0. The van der Waals surface area contributed by atoms with Crippen molar-refractivity contribution in [3.63, 3.8) is 0 Å². The van der Waals surface area contributed by atoms with Crippen LogP contribution in [0.5, 0.6) is 0 Å². The van der Waals surface area contributed by atoms with E-state index in [1.807, 2.05) is 18.2 Å². The number of fused-ring (bicyclic) bond motifs is 1. The second kappa shape index (κ2) is 3.67. The topological polar surface area (TPSA) is 58.9 Å². The minimum absolute atomic E-state index is 0.437. The first-order valence-electron chi connectivity index (χ1n) is 5.66. The third-order valence-corrected chi connectivity index (χ3v) is 2.89. The van der Waals surface area contributed by atoms with Crippen LogP contribution in [-0.4, -0.2) is 10.9 Å². The van der Waals surface area contributed by atoms with Gasteiger partial charge in [0.15, 0.2) is 0 Å². The molecule has 1 saturated carbocycles. The van der Waals surface area contributed by atoms with Crippen molar-refractivity contribution in [2.45, 2.75) is 12.8 Å². The molecule has 1 aromatic carbocycles. The van der Waals surface area contributed by atoms with E-state index >= 15 is 0 Å². The summed E-state index contributed by atoms with van der Waals surface area (Å²) in [5, 5.41) is 0.982. The molecule has 0 unspecified atom stereocenters. The number of aromatic amines is 1. The molecular formula is C14H12N2O. The number of H-pyrrole nitrogens is 1. The average molecular weight is 224 g/mol. The maximum atomic E-state index is 11.0. The third kappa shape index (κ3) is 2.02. The van der Waals surface area contributed by atoms with Crippen LogP contribution in [0.25, 0.3) is 10.9 Å². The van der Waals surface area contributed by atoms with Crippen LogP contribution in [0.1, 0.15) is 28.9 Å². The van der Waals surface area contributed by atoms with E-state index in [4.69, 9.17) is 5.73 Å². The number of primary amides is 1. The Labute approximate surface area is 99.0 Å². The van der Waals surface area contributed by atoms with Crippen LogP contribution in [0.2, 0.25) is 0 Å². The largest absolute Gasteiger partial charge is 0.364 e. The molecule has 3 nitrogen and oxygen atoms in total. The lowest BCUT2D eigenvalue weighted by atomic mass is 10.1. The lowest BCUT2D eigenvalue weighted by Crippen LogP contribution is -2.10. The van der Waals surface area contributed by atoms with Crippen molar-refractivity contribution in [1.29, 1.82) is 0 Å². The average Bonchev–Trinajstić information content (AvgIpc) is 3.03. The molecule has 0 aliphatic heterocycles. The summed E-state index contributed by atoms with van der Waals surface area (Å²) in [7, 11) is 0. The molecular weight excluding hydrogens is 212 g/mol. The minimum atomic E-state index is -0.438. The summed E-state index contributed by atoms with van der Waals surface area (Å²) in [5.74, 6) is 6.52. The number of rotatable bonds is 1. The van der Waals surface area contributed by atoms with Crippen LogP contribution in [0.15, 0.2) is 24.3 Å². The van der Waals surface area contributed by atoms with E-state index in [1.165, 1.54) is 12.8 Å². The van der Waals surface area contributed by atoms with Crippen LogP contribution >= 0.6 is 0 Å². The molecule has 0 saturated heterocycles. The molecule has 1 fully saturated rings. The first-order valence-corrected chi connectivity index (χ1v) is 5.66. The smallest absolute Gasteiger partial charge is 0.265 e. The standard InChI is InChI=1S/C14H12N2O/c15-14(17)13-8-11-6-5-10(7-12(11)16-13)4-3-9-1-2-9/h5-9,16H,1-2H2,(H2,15,17). The Hall–Kier alpha value is -2.21. The monoisotopic (exact) mass is 224 g/mol. The zero-order chi connectivity index (χ0) is 11.8. The number of hydrogen-bond acceptors (Lipinski definition) is 1. The fourth-order valence-electron chi connectivity index (χ4n) is 1.75. The van der Waals surface area contributed by atoms with Crippen LogP contribution in [-0.2, 0) is 0 Å². The Balaban J connectivity index is 2.00. The second-order valence-electron chi connectivity index (χ2n) is 4.39. The van der Waals surface area contributed by atoms with Crippen molar-refractivity contribution in [2.24, 2.45) is 11.7 Å². The zero-order valence-electron chi connectivity index (χ0n) is 9.29. The lowest BCUT2D eigenvalue weighted by molar-refractivity contribution is 0.0996. The van der Waals surface area contributed by atoms with Crippen LogP contribution in [0, 0.1) is 17.8 Å². The number of carbonyl (C=O) groups excluding carboxylic acids is 1. The van der Waals surface area contributed by atoms with Gasteiger partial charge in [-0.3, -0.25) is 4.79 Å². The SMILES string of the molecule is NC(=O)c1cc2ccc(C#CC3CC3)cc2[nH]1. The highest BCUT2D eigenvalue weighted by atomic mass is 16.1. The van der Waals surface area contributed by atoms with Crippen LogP contribution in [0.3, 0.4) is 0 Å². The Kier molecular flexibility index (Phi) is 2.15. The van der Waals surface area contributed by atoms with Gasteiger partial charge in [0.25, 0.3) is 5.91 Å². The van der Waals surface area contributed by atoms with E-state index in [1.54, 1.807) is 6.07 Å². The molecule has 1 aliphatic carbocycles. The molecule has 1 amide bonds. The van der Waals surface area contributed by atoms with Gasteiger partial charge in [-0.2, -0.15) is 0 Å². The molecule has 1 aromatic heterocycles. The van der Waals surface area contributed by atoms with Gasteiger partial charge in [0, 0.05) is 22.4 Å². The molecule has 0 radical (unpaired) electrons. The number of hydrogen-bond donors (Lipinski definition) is 2. The fourth-order valence-corrected chi connectivity index (χ4v) is 1.75. The van der Waals surface area contributed by atoms with Gasteiger partial charge in [-0.25, -0.2) is 0 Å². The van der Waals surface area contributed by atoms with Gasteiger partial charge in [0.2, 0.25) is 0 Å². The van der Waals surface area contributed by atoms with E-state index in [0.29, 0.717) is 11.6 Å². The lowest BCUT2D eigenvalue weighted by Gasteiger charge is -1.91. The predicted octanol–water partition coefficient (Wildman–Crippen LogP) is 2.03. The summed E-state index contributed by atoms with van der Waals surface area (Å²) < 4.78 is 0. The van der Waals surface area contributed by atoms with Crippen molar-refractivity contribution in [3.05, 3.63) is 35.5 Å². The quantitative estimate of drug-likeness (QED) is 0.715. The first-order chi connectivity index (χ1) is 8.22. The summed E-state index contributed by atoms with van der Waals surface area (Å²) in [5.41, 5.74) is 7.54. The van der Waals surface area contributed by atoms with E-state index in [9.17, 15) is 4.79 Å². The van der Waals surface area contributed by atoms with Crippen LogP contribution < -0.4 is 5.73 Å². The molecule has 0 spiro atoms. The summed E-state index contributed by atoms with van der Waals surface area (Å²) >= 11 is 0. The van der Waals surface area contributed by atoms with E-state index < -0.39 is 5.91 Å². The molecule has 0 atom stereocenters. The van der Waals surface area contributed by atoms with Gasteiger partial charge in [-0.1, -0.05) is 17.9 Å². The molecule has 0 bridgehead atoms. The number of benzene rings is 1. The maximum absolute atomic E-state index is 11.0. The van der Waals surface area contributed by atoms with Crippen molar-refractivity contribution < 1.29 is 4.79 Å². The van der Waals surface area contributed by atoms with Gasteiger partial charge in [0.05, 0.1) is 0 Å². The van der Waals surface area contributed by atoms with Gasteiger partial charge in [-0.15, -0.1) is 0 Å². The Morgan fingerprint density at radius 1 is 1.35 bits per heavy atom. The Morgan fingerprint density at radius 3 is 2.88 bits per heavy atom. The molecule has 84 valence electrons. The van der Waals surface area contributed by atoms with Gasteiger partial charge in [-0.05, 0) is 31.0 Å². The van der Waals surface area contributed by atoms with Gasteiger partial charge >= 0.3 is 0 Å². The summed E-state index contributed by atoms with van der Waals surface area (Å²) in [6, 6.07) is 7.64. The highest BCUT2D eigenvalue weighted by Gasteiger charge is 2.17. The summed E-state index contributed by atoms with van der Waals surface area (Å²) in [4.78, 5) is 14.0. The highest BCUT2D eigenvalue weighted by Crippen LogP contribution is 2.27. The Bertz CT molecular complexity index is 654. The molecule has 3 rings (SSSR count). The zero-order valence-corrected chi connectivity index (χ0v) is 9.29. The minimum Gasteiger partial charge on any atom is -0.364 e. The third-order valence-electron chi connectivity index (χ3n) is 2.89. The first kappa shape index (κ1) is 9.98. The molecule has 1 aliphatic rings. The number of nitrogens with one attached hydrogen (secondary N) is 1. The number of amides is 1. The van der Waals surface area contributed by atoms with Crippen molar-refractivity contribution in [1.82, 2.24) is 4.98 Å². The van der Waals surface area contributed by atoms with E-state index in [0.717, 1.165) is 16.5 Å². The number of carbonyl (C=O) groups is 1. The van der Waals surface area contributed by atoms with E-state index in [2.05, 4.69) is 16.8 Å². The summed E-state index contributed by atoms with van der Waals surface area (Å²) in [6.07, 6.45) is 2.45. The molecule has 17 heavy (non-hydrogen) atoms. The van der Waals surface area contributed by atoms with Crippen molar-refractivity contribution in [3.8, 4) is 11.8 Å². The van der Waals surface area contributed by atoms with Gasteiger partial charge < -0.3 is 10.7 Å².